The highest BCUT2D eigenvalue weighted by Crippen LogP contribution is 2.11. The van der Waals surface area contributed by atoms with E-state index in [2.05, 4.69) is 24.6 Å². The van der Waals surface area contributed by atoms with E-state index >= 15 is 0 Å². The molecule has 13 heavy (non-hydrogen) atoms. The van der Waals surface area contributed by atoms with E-state index < -0.39 is 8.24 Å². The molecule has 0 aromatic rings. The summed E-state index contributed by atoms with van der Waals surface area (Å²) in [6, 6.07) is 0. The predicted molar refractivity (Wildman–Crippen MR) is 63.5 cm³/mol. The fourth-order valence-corrected chi connectivity index (χ4v) is 6.45. The van der Waals surface area contributed by atoms with E-state index in [-0.39, 0.29) is 9.52 Å². The minimum atomic E-state index is -1.01. The molecule has 4 heteroatoms. The molecule has 1 heterocycles. The normalized spacial score (nSPS) is 25.6. The fraction of sp³-hybridized carbons (Fsp3) is 1.00. The number of rotatable bonds is 4. The molecule has 0 spiro atoms. The Labute approximate surface area is 85.4 Å². The highest BCUT2D eigenvalue weighted by Gasteiger charge is 2.16. The quantitative estimate of drug-likeness (QED) is 0.711. The first-order valence-electron chi connectivity index (χ1n) is 5.44. The van der Waals surface area contributed by atoms with Gasteiger partial charge in [0, 0.05) is 12.3 Å². The maximum atomic E-state index is 5.73. The van der Waals surface area contributed by atoms with Gasteiger partial charge in [0.05, 0.1) is 9.52 Å². The molecule has 0 radical (unpaired) electrons. The first kappa shape index (κ1) is 11.4. The van der Waals surface area contributed by atoms with Crippen LogP contribution in [0.15, 0.2) is 0 Å². The van der Waals surface area contributed by atoms with E-state index in [4.69, 9.17) is 4.74 Å². The van der Waals surface area contributed by atoms with Crippen molar-refractivity contribution >= 4 is 17.8 Å². The molecule has 0 aromatic heterocycles. The van der Waals surface area contributed by atoms with Crippen LogP contribution in [0.25, 0.3) is 0 Å². The van der Waals surface area contributed by atoms with Crippen LogP contribution < -0.4 is 4.98 Å². The summed E-state index contributed by atoms with van der Waals surface area (Å²) in [5.74, 6) is 0. The molecule has 0 saturated carbocycles. The van der Waals surface area contributed by atoms with Gasteiger partial charge in [-0.05, 0) is 25.4 Å². The van der Waals surface area contributed by atoms with E-state index in [1.165, 1.54) is 25.4 Å². The third-order valence-electron chi connectivity index (χ3n) is 2.40. The van der Waals surface area contributed by atoms with Crippen molar-refractivity contribution in [1.82, 2.24) is 4.98 Å². The van der Waals surface area contributed by atoms with Crippen molar-refractivity contribution in [2.75, 3.05) is 12.8 Å². The third-order valence-corrected chi connectivity index (χ3v) is 6.03. The zero-order chi connectivity index (χ0) is 9.73. The Bertz CT molecular complexity index is 141. The third kappa shape index (κ3) is 5.62. The molecule has 1 saturated heterocycles. The lowest BCUT2D eigenvalue weighted by atomic mass is 10.2. The lowest BCUT2D eigenvalue weighted by Crippen LogP contribution is -2.45. The second kappa shape index (κ2) is 5.29. The van der Waals surface area contributed by atoms with Crippen LogP contribution in [0.3, 0.4) is 0 Å². The number of nitrogens with one attached hydrogen (secondary N) is 1. The molecule has 1 aliphatic rings. The molecule has 1 fully saturated rings. The lowest BCUT2D eigenvalue weighted by Gasteiger charge is -2.24. The molecule has 0 aliphatic carbocycles. The van der Waals surface area contributed by atoms with Gasteiger partial charge in [-0.1, -0.05) is 19.6 Å². The van der Waals surface area contributed by atoms with Gasteiger partial charge in [0.15, 0.2) is 0 Å². The van der Waals surface area contributed by atoms with E-state index in [1.807, 2.05) is 0 Å². The molecule has 1 rings (SSSR count). The standard InChI is InChI=1S/C9H23NOSi2/c1-13(2,3)10-8-12-9-6-4-5-7-11-9/h9-10H,4-8,12H2,1-3H3. The van der Waals surface area contributed by atoms with Gasteiger partial charge in [-0.3, -0.25) is 0 Å². The maximum Gasteiger partial charge on any atom is 0.116 e. The summed E-state index contributed by atoms with van der Waals surface area (Å²) in [6.07, 6.45) is 5.29. The van der Waals surface area contributed by atoms with E-state index in [0.29, 0.717) is 5.73 Å². The molecule has 1 N–H and O–H groups in total. The molecule has 0 aromatic carbocycles. The largest absolute Gasteiger partial charge is 0.382 e. The van der Waals surface area contributed by atoms with Gasteiger partial charge in [-0.2, -0.15) is 0 Å². The Kier molecular flexibility index (Phi) is 4.65. The lowest BCUT2D eigenvalue weighted by molar-refractivity contribution is 0.0650. The Balaban J connectivity index is 2.04. The van der Waals surface area contributed by atoms with E-state index in [1.54, 1.807) is 0 Å². The van der Waals surface area contributed by atoms with Gasteiger partial charge in [-0.25, -0.2) is 0 Å². The van der Waals surface area contributed by atoms with Gasteiger partial charge < -0.3 is 9.72 Å². The Morgan fingerprint density at radius 2 is 2.15 bits per heavy atom. The summed E-state index contributed by atoms with van der Waals surface area (Å²) in [7, 11) is -1.03. The van der Waals surface area contributed by atoms with Crippen molar-refractivity contribution in [3.63, 3.8) is 0 Å². The average Bonchev–Trinajstić information content (AvgIpc) is 2.04. The highest BCUT2D eigenvalue weighted by atomic mass is 28.3. The van der Waals surface area contributed by atoms with Crippen LogP contribution in [0.5, 0.6) is 0 Å². The molecule has 1 aliphatic heterocycles. The Morgan fingerprint density at radius 3 is 2.69 bits per heavy atom. The van der Waals surface area contributed by atoms with E-state index in [9.17, 15) is 0 Å². The first-order chi connectivity index (χ1) is 6.08. The molecular weight excluding hydrogens is 194 g/mol. The smallest absolute Gasteiger partial charge is 0.116 e. The summed E-state index contributed by atoms with van der Waals surface area (Å²) in [4.78, 5) is 3.69. The van der Waals surface area contributed by atoms with Crippen LogP contribution in [0.4, 0.5) is 0 Å². The van der Waals surface area contributed by atoms with Crippen LogP contribution in [0, 0.1) is 0 Å². The second-order valence-electron chi connectivity index (χ2n) is 4.95. The molecule has 1 unspecified atom stereocenters. The predicted octanol–water partition coefficient (Wildman–Crippen LogP) is 1.06. The summed E-state index contributed by atoms with van der Waals surface area (Å²) in [5, 5.41) is 0. The SMILES string of the molecule is C[Si](C)(C)NC[SiH2]C1CCCCO1. The first-order valence-corrected chi connectivity index (χ1v) is 10.8. The van der Waals surface area contributed by atoms with Gasteiger partial charge in [-0.15, -0.1) is 0 Å². The zero-order valence-electron chi connectivity index (χ0n) is 9.23. The molecular formula is C9H23NOSi2. The Morgan fingerprint density at radius 1 is 1.38 bits per heavy atom. The topological polar surface area (TPSA) is 21.3 Å². The number of hydrogen-bond donors (Lipinski definition) is 1. The minimum absolute atomic E-state index is 0.0129. The number of hydrogen-bond acceptors (Lipinski definition) is 2. The van der Waals surface area contributed by atoms with Gasteiger partial charge in [0.2, 0.25) is 0 Å². The maximum absolute atomic E-state index is 5.73. The molecule has 0 bridgehead atoms. The van der Waals surface area contributed by atoms with Crippen molar-refractivity contribution in [3.05, 3.63) is 0 Å². The second-order valence-corrected chi connectivity index (χ2v) is 11.8. The van der Waals surface area contributed by atoms with Crippen molar-refractivity contribution < 1.29 is 4.74 Å². The molecule has 2 nitrogen and oxygen atoms in total. The highest BCUT2D eigenvalue weighted by molar-refractivity contribution is 6.74. The van der Waals surface area contributed by atoms with Gasteiger partial charge >= 0.3 is 0 Å². The fourth-order valence-electron chi connectivity index (χ4n) is 1.64. The number of ether oxygens (including phenoxy) is 1. The van der Waals surface area contributed by atoms with Crippen LogP contribution in [-0.2, 0) is 4.74 Å². The van der Waals surface area contributed by atoms with E-state index in [0.717, 1.165) is 6.61 Å². The molecule has 78 valence electrons. The molecule has 1 atom stereocenters. The van der Waals surface area contributed by atoms with Crippen molar-refractivity contribution in [3.8, 4) is 0 Å². The van der Waals surface area contributed by atoms with Crippen LogP contribution in [0.2, 0.25) is 19.6 Å². The van der Waals surface area contributed by atoms with Crippen molar-refractivity contribution in [2.24, 2.45) is 0 Å². The summed E-state index contributed by atoms with van der Waals surface area (Å²) < 4.78 is 5.73. The van der Waals surface area contributed by atoms with Crippen molar-refractivity contribution in [1.29, 1.82) is 0 Å². The average molecular weight is 217 g/mol. The van der Waals surface area contributed by atoms with Crippen LogP contribution in [-0.4, -0.2) is 36.3 Å². The summed E-state index contributed by atoms with van der Waals surface area (Å²) in [6.45, 7) is 8.11. The van der Waals surface area contributed by atoms with Crippen LogP contribution in [0.1, 0.15) is 19.3 Å². The van der Waals surface area contributed by atoms with Crippen molar-refractivity contribution in [2.45, 2.75) is 44.6 Å². The summed E-state index contributed by atoms with van der Waals surface area (Å²) >= 11 is 0. The van der Waals surface area contributed by atoms with Gasteiger partial charge in [0.1, 0.15) is 8.24 Å². The summed E-state index contributed by atoms with van der Waals surface area (Å²) in [5.41, 5.74) is 0.678. The van der Waals surface area contributed by atoms with Crippen LogP contribution >= 0.6 is 0 Å². The monoisotopic (exact) mass is 217 g/mol. The van der Waals surface area contributed by atoms with Gasteiger partial charge in [0.25, 0.3) is 0 Å². The molecule has 0 amide bonds. The zero-order valence-corrected chi connectivity index (χ0v) is 11.6. The Hall–Kier alpha value is 0.354. The minimum Gasteiger partial charge on any atom is -0.382 e.